The van der Waals surface area contributed by atoms with Crippen molar-refractivity contribution in [1.29, 1.82) is 0 Å². The van der Waals surface area contributed by atoms with E-state index in [4.69, 9.17) is 21.1 Å². The van der Waals surface area contributed by atoms with Gasteiger partial charge < -0.3 is 9.47 Å². The van der Waals surface area contributed by atoms with Gasteiger partial charge in [-0.1, -0.05) is 41.9 Å². The lowest BCUT2D eigenvalue weighted by Crippen LogP contribution is -2.54. The number of anilines is 1. The first-order valence-corrected chi connectivity index (χ1v) is 10.9. The van der Waals surface area contributed by atoms with Crippen LogP contribution in [-0.4, -0.2) is 31.1 Å². The quantitative estimate of drug-likeness (QED) is 0.301. The van der Waals surface area contributed by atoms with E-state index in [1.165, 1.54) is 18.2 Å². The summed E-state index contributed by atoms with van der Waals surface area (Å²) < 4.78 is 11.4. The maximum atomic E-state index is 12.9. The summed E-state index contributed by atoms with van der Waals surface area (Å²) in [5.41, 5.74) is 1.81. The number of rotatable bonds is 7. The molecule has 0 atom stereocenters. The number of para-hydroxylation sites is 1. The van der Waals surface area contributed by atoms with Crippen LogP contribution in [0.15, 0.2) is 78.4 Å². The fraction of sp³-hybridized carbons (Fsp3) is 0.115. The summed E-state index contributed by atoms with van der Waals surface area (Å²) in [6.07, 6.45) is 1.43. The van der Waals surface area contributed by atoms with Crippen molar-refractivity contribution in [2.45, 2.75) is 6.92 Å². The number of ether oxygens (including phenoxy) is 2. The van der Waals surface area contributed by atoms with Gasteiger partial charge in [-0.05, 0) is 66.6 Å². The number of carbonyl (C=O) groups excluding carboxylic acids is 3. The molecule has 7 nitrogen and oxygen atoms in total. The fourth-order valence-corrected chi connectivity index (χ4v) is 3.46. The summed E-state index contributed by atoms with van der Waals surface area (Å²) in [5.74, 6) is -0.0406. The van der Waals surface area contributed by atoms with Crippen LogP contribution in [0.1, 0.15) is 11.1 Å². The molecule has 34 heavy (non-hydrogen) atoms. The Morgan fingerprint density at radius 2 is 1.56 bits per heavy atom. The summed E-state index contributed by atoms with van der Waals surface area (Å²) in [4.78, 5) is 38.4. The third-order valence-corrected chi connectivity index (χ3v) is 5.33. The molecule has 3 aromatic rings. The first-order valence-electron chi connectivity index (χ1n) is 10.5. The Bertz CT molecular complexity index is 1250. The lowest BCUT2D eigenvalue weighted by atomic mass is 10.1. The van der Waals surface area contributed by atoms with Crippen molar-refractivity contribution >= 4 is 41.2 Å². The summed E-state index contributed by atoms with van der Waals surface area (Å²) in [5, 5.41) is 2.66. The fourth-order valence-electron chi connectivity index (χ4n) is 3.34. The van der Waals surface area contributed by atoms with Gasteiger partial charge in [0.15, 0.2) is 0 Å². The number of amides is 4. The third kappa shape index (κ3) is 5.27. The Balaban J connectivity index is 1.41. The lowest BCUT2D eigenvalue weighted by Gasteiger charge is -2.26. The number of nitrogens with one attached hydrogen (secondary N) is 1. The average molecular weight is 477 g/mol. The molecule has 8 heteroatoms. The number of imide groups is 2. The molecule has 4 rings (SSSR count). The van der Waals surface area contributed by atoms with Gasteiger partial charge in [-0.3, -0.25) is 14.9 Å². The van der Waals surface area contributed by atoms with Crippen molar-refractivity contribution in [3.8, 4) is 11.5 Å². The van der Waals surface area contributed by atoms with Crippen LogP contribution in [0.25, 0.3) is 6.08 Å². The number of urea groups is 1. The van der Waals surface area contributed by atoms with Gasteiger partial charge in [-0.15, -0.1) is 0 Å². The zero-order valence-corrected chi connectivity index (χ0v) is 19.0. The third-order valence-electron chi connectivity index (χ3n) is 5.08. The van der Waals surface area contributed by atoms with Crippen LogP contribution in [0.3, 0.4) is 0 Å². The van der Waals surface area contributed by atoms with E-state index in [1.807, 2.05) is 31.2 Å². The lowest BCUT2D eigenvalue weighted by molar-refractivity contribution is -0.122. The van der Waals surface area contributed by atoms with Gasteiger partial charge in [0.25, 0.3) is 11.8 Å². The van der Waals surface area contributed by atoms with E-state index in [1.54, 1.807) is 36.4 Å². The Kier molecular flexibility index (Phi) is 6.94. The van der Waals surface area contributed by atoms with Crippen LogP contribution in [0, 0.1) is 6.92 Å². The molecule has 4 amide bonds. The first-order chi connectivity index (χ1) is 16.4. The second-order valence-electron chi connectivity index (χ2n) is 7.47. The zero-order chi connectivity index (χ0) is 24.1. The van der Waals surface area contributed by atoms with Crippen molar-refractivity contribution in [2.24, 2.45) is 0 Å². The molecule has 1 N–H and O–H groups in total. The Morgan fingerprint density at radius 1 is 0.882 bits per heavy atom. The normalized spacial score (nSPS) is 14.8. The minimum atomic E-state index is -0.814. The minimum Gasteiger partial charge on any atom is -0.490 e. The second kappa shape index (κ2) is 10.2. The molecule has 1 saturated heterocycles. The molecule has 0 aromatic heterocycles. The standard InChI is InChI=1S/C26H21ClN2O5/c1-17-4-2-3-5-23(17)34-15-14-33-21-12-6-18(7-13-21)16-22-24(30)28-26(32)29(25(22)31)20-10-8-19(27)9-11-20/h2-13,16H,14-15H2,1H3,(H,28,30,32)/b22-16+. The molecule has 0 saturated carbocycles. The molecule has 1 fully saturated rings. The summed E-state index contributed by atoms with van der Waals surface area (Å²) >= 11 is 5.88. The molecule has 0 aliphatic carbocycles. The van der Waals surface area contributed by atoms with Crippen LogP contribution in [0.2, 0.25) is 5.02 Å². The van der Waals surface area contributed by atoms with Gasteiger partial charge in [0, 0.05) is 5.02 Å². The van der Waals surface area contributed by atoms with E-state index >= 15 is 0 Å². The van der Waals surface area contributed by atoms with Crippen molar-refractivity contribution in [3.63, 3.8) is 0 Å². The van der Waals surface area contributed by atoms with E-state index in [0.29, 0.717) is 35.2 Å². The maximum absolute atomic E-state index is 12.9. The molecule has 0 radical (unpaired) electrons. The predicted molar refractivity (Wildman–Crippen MR) is 129 cm³/mol. The molecule has 0 bridgehead atoms. The highest BCUT2D eigenvalue weighted by atomic mass is 35.5. The summed E-state index contributed by atoms with van der Waals surface area (Å²) in [6, 6.07) is 20.0. The van der Waals surface area contributed by atoms with Gasteiger partial charge in [-0.25, -0.2) is 9.69 Å². The Morgan fingerprint density at radius 3 is 2.26 bits per heavy atom. The van der Waals surface area contributed by atoms with Crippen molar-refractivity contribution in [2.75, 3.05) is 18.1 Å². The van der Waals surface area contributed by atoms with E-state index < -0.39 is 17.8 Å². The van der Waals surface area contributed by atoms with Crippen LogP contribution < -0.4 is 19.7 Å². The molecular weight excluding hydrogens is 456 g/mol. The van der Waals surface area contributed by atoms with E-state index in [0.717, 1.165) is 16.2 Å². The number of halogens is 1. The van der Waals surface area contributed by atoms with Gasteiger partial charge in [-0.2, -0.15) is 0 Å². The van der Waals surface area contributed by atoms with E-state index in [2.05, 4.69) is 5.32 Å². The van der Waals surface area contributed by atoms with Crippen LogP contribution >= 0.6 is 11.6 Å². The van der Waals surface area contributed by atoms with Crippen molar-refractivity contribution in [1.82, 2.24) is 5.32 Å². The van der Waals surface area contributed by atoms with Crippen LogP contribution in [-0.2, 0) is 9.59 Å². The van der Waals surface area contributed by atoms with E-state index in [-0.39, 0.29) is 5.57 Å². The average Bonchev–Trinajstić information content (AvgIpc) is 2.82. The number of hydrogen-bond donors (Lipinski definition) is 1. The van der Waals surface area contributed by atoms with E-state index in [9.17, 15) is 14.4 Å². The molecule has 1 aliphatic rings. The smallest absolute Gasteiger partial charge is 0.335 e. The number of barbiturate groups is 1. The summed E-state index contributed by atoms with van der Waals surface area (Å²) in [6.45, 7) is 2.72. The topological polar surface area (TPSA) is 84.9 Å². The Hall–Kier alpha value is -4.10. The molecule has 1 aliphatic heterocycles. The zero-order valence-electron chi connectivity index (χ0n) is 18.3. The number of hydrogen-bond acceptors (Lipinski definition) is 5. The molecular formula is C26H21ClN2O5. The largest absolute Gasteiger partial charge is 0.490 e. The number of carbonyl (C=O) groups is 3. The number of aryl methyl sites for hydroxylation is 1. The van der Waals surface area contributed by atoms with Gasteiger partial charge in [0.1, 0.15) is 30.3 Å². The molecule has 1 heterocycles. The maximum Gasteiger partial charge on any atom is 0.335 e. The van der Waals surface area contributed by atoms with Crippen LogP contribution in [0.5, 0.6) is 11.5 Å². The highest BCUT2D eigenvalue weighted by Gasteiger charge is 2.36. The Labute approximate surface area is 201 Å². The number of nitrogens with zero attached hydrogens (tertiary/aromatic N) is 1. The van der Waals surface area contributed by atoms with Gasteiger partial charge >= 0.3 is 6.03 Å². The molecule has 0 unspecified atom stereocenters. The first kappa shape index (κ1) is 23.1. The second-order valence-corrected chi connectivity index (χ2v) is 7.90. The number of benzene rings is 3. The summed E-state index contributed by atoms with van der Waals surface area (Å²) in [7, 11) is 0. The predicted octanol–water partition coefficient (Wildman–Crippen LogP) is 4.77. The monoisotopic (exact) mass is 476 g/mol. The molecule has 172 valence electrons. The molecule has 3 aromatic carbocycles. The SMILES string of the molecule is Cc1ccccc1OCCOc1ccc(/C=C2\C(=O)NC(=O)N(c3ccc(Cl)cc3)C2=O)cc1. The van der Waals surface area contributed by atoms with Gasteiger partial charge in [0.2, 0.25) is 0 Å². The van der Waals surface area contributed by atoms with Crippen LogP contribution in [0.4, 0.5) is 10.5 Å². The van der Waals surface area contributed by atoms with Crippen molar-refractivity contribution in [3.05, 3.63) is 94.5 Å². The highest BCUT2D eigenvalue weighted by Crippen LogP contribution is 2.24. The van der Waals surface area contributed by atoms with Crippen molar-refractivity contribution < 1.29 is 23.9 Å². The van der Waals surface area contributed by atoms with Gasteiger partial charge in [0.05, 0.1) is 5.69 Å². The molecule has 0 spiro atoms. The highest BCUT2D eigenvalue weighted by molar-refractivity contribution is 6.39. The minimum absolute atomic E-state index is 0.158.